The van der Waals surface area contributed by atoms with Gasteiger partial charge in [0.1, 0.15) is 11.9 Å². The summed E-state index contributed by atoms with van der Waals surface area (Å²) in [4.78, 5) is 46.3. The number of unbranched alkanes of at least 4 members (excludes halogenated alkanes) is 1. The van der Waals surface area contributed by atoms with Crippen molar-refractivity contribution in [2.45, 2.75) is 56.0 Å². The molecule has 37 heavy (non-hydrogen) atoms. The molecule has 2 heterocycles. The molecule has 4 atom stereocenters. The molecular weight excluding hydrogens is 526 g/mol. The molecule has 0 aliphatic carbocycles. The van der Waals surface area contributed by atoms with E-state index in [0.29, 0.717) is 64.4 Å². The molecule has 2 aliphatic heterocycles. The van der Waals surface area contributed by atoms with Gasteiger partial charge in [0.25, 0.3) is 0 Å². The van der Waals surface area contributed by atoms with Crippen LogP contribution in [0, 0.1) is 0 Å². The van der Waals surface area contributed by atoms with E-state index in [1.807, 2.05) is 11.8 Å². The van der Waals surface area contributed by atoms with Crippen molar-refractivity contribution in [3.8, 4) is 0 Å². The van der Waals surface area contributed by atoms with E-state index in [0.717, 1.165) is 25.0 Å². The van der Waals surface area contributed by atoms with E-state index in [9.17, 15) is 19.2 Å². The van der Waals surface area contributed by atoms with Crippen molar-refractivity contribution in [1.29, 1.82) is 0 Å². The van der Waals surface area contributed by atoms with Crippen molar-refractivity contribution in [3.05, 3.63) is 0 Å². The van der Waals surface area contributed by atoms with Gasteiger partial charge in [-0.25, -0.2) is 4.79 Å². The Morgan fingerprint density at radius 1 is 0.973 bits per heavy atom. The molecule has 0 bridgehead atoms. The summed E-state index contributed by atoms with van der Waals surface area (Å²) < 4.78 is 16.2. The zero-order valence-corrected chi connectivity index (χ0v) is 22.9. The second kappa shape index (κ2) is 18.5. The molecule has 5 N–H and O–H groups in total. The van der Waals surface area contributed by atoms with Crippen molar-refractivity contribution >= 4 is 47.1 Å². The summed E-state index contributed by atoms with van der Waals surface area (Å²) in [6, 6.07) is -0.266. The Hall–Kier alpha value is -1.80. The van der Waals surface area contributed by atoms with Crippen molar-refractivity contribution in [2.24, 2.45) is 0 Å². The Bertz CT molecular complexity index is 736. The van der Waals surface area contributed by atoms with E-state index < -0.39 is 11.9 Å². The zero-order chi connectivity index (χ0) is 26.9. The summed E-state index contributed by atoms with van der Waals surface area (Å²) in [5.74, 6) is 0.0869. The van der Waals surface area contributed by atoms with Crippen LogP contribution in [0.15, 0.2) is 0 Å². The molecule has 0 aromatic rings. The number of hydrogen-bond donors (Lipinski definition) is 5. The van der Waals surface area contributed by atoms with Crippen LogP contribution in [0.4, 0.5) is 4.79 Å². The number of rotatable bonds is 20. The predicted octanol–water partition coefficient (Wildman–Crippen LogP) is -0.262. The van der Waals surface area contributed by atoms with Crippen LogP contribution >= 0.6 is 23.4 Å². The van der Waals surface area contributed by atoms with Gasteiger partial charge in [-0.15, -0.1) is 11.6 Å². The molecule has 0 aromatic carbocycles. The molecule has 14 heteroatoms. The highest BCUT2D eigenvalue weighted by molar-refractivity contribution is 8.00. The molecule has 12 nitrogen and oxygen atoms in total. The number of ether oxygens (including phenoxy) is 3. The Morgan fingerprint density at radius 3 is 2.30 bits per heavy atom. The maximum absolute atomic E-state index is 12.0. The first-order valence-electron chi connectivity index (χ1n) is 12.7. The Balaban J connectivity index is 1.30. The Kier molecular flexibility index (Phi) is 15.7. The highest BCUT2D eigenvalue weighted by Crippen LogP contribution is 2.33. The second-order valence-corrected chi connectivity index (χ2v) is 10.3. The largest absolute Gasteiger partial charge is 0.377 e. The van der Waals surface area contributed by atoms with Crippen LogP contribution < -0.4 is 26.6 Å². The van der Waals surface area contributed by atoms with Gasteiger partial charge in [-0.05, 0) is 19.8 Å². The van der Waals surface area contributed by atoms with E-state index >= 15 is 0 Å². The number of halogens is 1. The van der Waals surface area contributed by atoms with Gasteiger partial charge in [0.05, 0.1) is 51.7 Å². The monoisotopic (exact) mass is 565 g/mol. The van der Waals surface area contributed by atoms with E-state index in [-0.39, 0.29) is 35.8 Å². The molecular formula is C23H40ClN5O7S. The second-order valence-electron chi connectivity index (χ2n) is 8.77. The highest BCUT2D eigenvalue weighted by atomic mass is 35.5. The summed E-state index contributed by atoms with van der Waals surface area (Å²) in [6.07, 6.45) is 3.29. The number of carbonyl (C=O) groups is 4. The average Bonchev–Trinajstić information content (AvgIpc) is 3.43. The number of fused-ring (bicyclic) bond motifs is 1. The molecule has 0 radical (unpaired) electrons. The van der Waals surface area contributed by atoms with Gasteiger partial charge in [0.15, 0.2) is 0 Å². The number of amides is 5. The predicted molar refractivity (Wildman–Crippen MR) is 141 cm³/mol. The minimum absolute atomic E-state index is 0.0236. The van der Waals surface area contributed by atoms with Gasteiger partial charge in [-0.1, -0.05) is 6.42 Å². The van der Waals surface area contributed by atoms with Gasteiger partial charge in [-0.2, -0.15) is 11.8 Å². The molecule has 212 valence electrons. The molecule has 2 rings (SSSR count). The molecule has 0 spiro atoms. The number of carbonyl (C=O) groups excluding carboxylic acids is 4. The van der Waals surface area contributed by atoms with E-state index in [1.54, 1.807) is 6.92 Å². The maximum atomic E-state index is 12.0. The van der Waals surface area contributed by atoms with E-state index in [4.69, 9.17) is 25.8 Å². The third-order valence-corrected chi connectivity index (χ3v) is 7.58. The lowest BCUT2D eigenvalue weighted by molar-refractivity contribution is -0.127. The first-order chi connectivity index (χ1) is 17.9. The molecule has 0 saturated carbocycles. The van der Waals surface area contributed by atoms with E-state index in [2.05, 4.69) is 26.6 Å². The molecule has 2 saturated heterocycles. The van der Waals surface area contributed by atoms with Crippen molar-refractivity contribution in [1.82, 2.24) is 26.6 Å². The highest BCUT2D eigenvalue weighted by Gasteiger charge is 2.42. The van der Waals surface area contributed by atoms with Crippen LogP contribution in [-0.2, 0) is 28.6 Å². The standard InChI is InChI=1S/C23H40ClN5O7S/c1-16(27-20(31)14-24)22(32)26-7-9-35-11-13-36-12-10-34-8-6-25-19(30)5-3-2-4-18-21-17(15-37-18)28-23(33)29-21/h16-18,21H,2-15H2,1H3,(H,25,30)(H,26,32)(H,27,31)(H2,28,29,33)/t16-,17-,18-,21-/m0/s1. The van der Waals surface area contributed by atoms with E-state index in [1.165, 1.54) is 0 Å². The third-order valence-electron chi connectivity index (χ3n) is 5.83. The van der Waals surface area contributed by atoms with Crippen LogP contribution in [0.5, 0.6) is 0 Å². The quantitative estimate of drug-likeness (QED) is 0.0768. The number of thioether (sulfide) groups is 1. The van der Waals surface area contributed by atoms with Crippen LogP contribution in [0.25, 0.3) is 0 Å². The Morgan fingerprint density at radius 2 is 1.62 bits per heavy atom. The number of hydrogen-bond acceptors (Lipinski definition) is 8. The number of nitrogens with one attached hydrogen (secondary N) is 5. The molecule has 2 fully saturated rings. The lowest BCUT2D eigenvalue weighted by Crippen LogP contribution is -2.46. The van der Waals surface area contributed by atoms with Gasteiger partial charge in [0, 0.05) is 30.5 Å². The SMILES string of the molecule is C[C@H](NC(=O)CCl)C(=O)NCCOCCOCCOCCNC(=O)CCCC[C@@H]1SC[C@@H]2NC(=O)N[C@@H]21. The minimum Gasteiger partial charge on any atom is -0.377 e. The van der Waals surface area contributed by atoms with Crippen LogP contribution in [0.1, 0.15) is 32.6 Å². The first-order valence-corrected chi connectivity index (χ1v) is 14.3. The van der Waals surface area contributed by atoms with Gasteiger partial charge in [-0.3, -0.25) is 14.4 Å². The van der Waals surface area contributed by atoms with Crippen molar-refractivity contribution in [3.63, 3.8) is 0 Å². The number of urea groups is 1. The fourth-order valence-electron chi connectivity index (χ4n) is 3.91. The van der Waals surface area contributed by atoms with Gasteiger partial charge in [0.2, 0.25) is 17.7 Å². The summed E-state index contributed by atoms with van der Waals surface area (Å²) >= 11 is 7.27. The zero-order valence-electron chi connectivity index (χ0n) is 21.4. The minimum atomic E-state index is -0.654. The molecule has 2 aliphatic rings. The lowest BCUT2D eigenvalue weighted by atomic mass is 10.0. The smallest absolute Gasteiger partial charge is 0.315 e. The third kappa shape index (κ3) is 13.0. The molecule has 0 aromatic heterocycles. The van der Waals surface area contributed by atoms with Crippen LogP contribution in [0.2, 0.25) is 0 Å². The summed E-state index contributed by atoms with van der Waals surface area (Å²) in [6.45, 7) is 4.74. The van der Waals surface area contributed by atoms with Crippen molar-refractivity contribution in [2.75, 3.05) is 64.4 Å². The topological polar surface area (TPSA) is 156 Å². The summed E-state index contributed by atoms with van der Waals surface area (Å²) in [5, 5.41) is 14.3. The Labute approximate surface area is 227 Å². The average molecular weight is 566 g/mol. The summed E-state index contributed by atoms with van der Waals surface area (Å²) in [7, 11) is 0. The summed E-state index contributed by atoms with van der Waals surface area (Å²) in [5.41, 5.74) is 0. The van der Waals surface area contributed by atoms with Gasteiger partial charge < -0.3 is 40.8 Å². The maximum Gasteiger partial charge on any atom is 0.315 e. The van der Waals surface area contributed by atoms with Crippen molar-refractivity contribution < 1.29 is 33.4 Å². The van der Waals surface area contributed by atoms with Crippen LogP contribution in [-0.4, -0.2) is 111 Å². The normalized spacial score (nSPS) is 21.0. The molecule has 5 amide bonds. The molecule has 0 unspecified atom stereocenters. The van der Waals surface area contributed by atoms with Gasteiger partial charge >= 0.3 is 6.03 Å². The number of alkyl halides is 1. The fraction of sp³-hybridized carbons (Fsp3) is 0.826. The van der Waals surface area contributed by atoms with Crippen LogP contribution in [0.3, 0.4) is 0 Å². The lowest BCUT2D eigenvalue weighted by Gasteiger charge is -2.16. The fourth-order valence-corrected chi connectivity index (χ4v) is 5.53. The first kappa shape index (κ1) is 31.4.